The van der Waals surface area contributed by atoms with E-state index in [0.29, 0.717) is 28.3 Å². The molecule has 0 bridgehead atoms. The molecular formula is C17H17NO5. The molecule has 0 aromatic heterocycles. The second kappa shape index (κ2) is 7.31. The summed E-state index contributed by atoms with van der Waals surface area (Å²) in [5, 5.41) is 11.5. The highest BCUT2D eigenvalue weighted by atomic mass is 16.5. The fourth-order valence-electron chi connectivity index (χ4n) is 2.06. The average molecular weight is 315 g/mol. The number of carboxylic acid groups (broad SMARTS) is 1. The van der Waals surface area contributed by atoms with E-state index in [1.165, 1.54) is 14.2 Å². The maximum absolute atomic E-state index is 12.2. The van der Waals surface area contributed by atoms with Crippen molar-refractivity contribution in [2.24, 2.45) is 0 Å². The summed E-state index contributed by atoms with van der Waals surface area (Å²) < 4.78 is 10.3. The van der Waals surface area contributed by atoms with Crippen molar-refractivity contribution in [3.8, 4) is 11.5 Å². The fourth-order valence-corrected chi connectivity index (χ4v) is 2.06. The smallest absolute Gasteiger partial charge is 0.307 e. The van der Waals surface area contributed by atoms with Gasteiger partial charge < -0.3 is 19.9 Å². The highest BCUT2D eigenvalue weighted by Crippen LogP contribution is 2.27. The number of anilines is 1. The van der Waals surface area contributed by atoms with E-state index in [1.807, 2.05) is 0 Å². The number of rotatable bonds is 6. The topological polar surface area (TPSA) is 84.9 Å². The summed E-state index contributed by atoms with van der Waals surface area (Å²) in [6, 6.07) is 11.5. The molecule has 0 unspecified atom stereocenters. The molecule has 23 heavy (non-hydrogen) atoms. The van der Waals surface area contributed by atoms with Gasteiger partial charge in [-0.2, -0.15) is 0 Å². The number of methoxy groups -OCH3 is 2. The van der Waals surface area contributed by atoms with Crippen LogP contribution in [0.2, 0.25) is 0 Å². The lowest BCUT2D eigenvalue weighted by Gasteiger charge is -2.10. The Balaban J connectivity index is 2.11. The van der Waals surface area contributed by atoms with Crippen LogP contribution in [0.3, 0.4) is 0 Å². The third-order valence-corrected chi connectivity index (χ3v) is 3.21. The van der Waals surface area contributed by atoms with Crippen molar-refractivity contribution < 1.29 is 24.2 Å². The Hall–Kier alpha value is -3.02. The molecule has 2 rings (SSSR count). The van der Waals surface area contributed by atoms with Crippen LogP contribution in [0.15, 0.2) is 42.5 Å². The number of hydrogen-bond acceptors (Lipinski definition) is 4. The summed E-state index contributed by atoms with van der Waals surface area (Å²) in [4.78, 5) is 22.9. The molecule has 6 heteroatoms. The van der Waals surface area contributed by atoms with Crippen molar-refractivity contribution in [2.75, 3.05) is 19.5 Å². The number of carbonyl (C=O) groups is 2. The molecule has 0 heterocycles. The van der Waals surface area contributed by atoms with Gasteiger partial charge in [-0.15, -0.1) is 0 Å². The summed E-state index contributed by atoms with van der Waals surface area (Å²) in [5.41, 5.74) is 1.68. The molecule has 1 amide bonds. The van der Waals surface area contributed by atoms with Gasteiger partial charge in [-0.05, 0) is 35.9 Å². The third kappa shape index (κ3) is 4.23. The maximum atomic E-state index is 12.2. The number of hydrogen-bond donors (Lipinski definition) is 2. The Morgan fingerprint density at radius 3 is 2.22 bits per heavy atom. The van der Waals surface area contributed by atoms with E-state index >= 15 is 0 Å². The number of nitrogens with one attached hydrogen (secondary N) is 1. The van der Waals surface area contributed by atoms with E-state index in [4.69, 9.17) is 14.6 Å². The summed E-state index contributed by atoms with van der Waals surface area (Å²) in [6.07, 6.45) is -0.0517. The van der Waals surface area contributed by atoms with Crippen LogP contribution in [-0.2, 0) is 11.2 Å². The van der Waals surface area contributed by atoms with Crippen LogP contribution in [0.1, 0.15) is 15.9 Å². The van der Waals surface area contributed by atoms with E-state index in [9.17, 15) is 9.59 Å². The highest BCUT2D eigenvalue weighted by Gasteiger charge is 2.11. The van der Waals surface area contributed by atoms with E-state index < -0.39 is 5.97 Å². The largest absolute Gasteiger partial charge is 0.493 e. The lowest BCUT2D eigenvalue weighted by Crippen LogP contribution is -2.12. The normalized spacial score (nSPS) is 10.0. The Morgan fingerprint density at radius 2 is 1.65 bits per heavy atom. The van der Waals surface area contributed by atoms with Gasteiger partial charge >= 0.3 is 5.97 Å². The fraction of sp³-hybridized carbons (Fsp3) is 0.176. The highest BCUT2D eigenvalue weighted by molar-refractivity contribution is 6.04. The zero-order valence-electron chi connectivity index (χ0n) is 12.8. The number of carbonyl (C=O) groups excluding carboxylic acids is 1. The Kier molecular flexibility index (Phi) is 5.19. The predicted molar refractivity (Wildman–Crippen MR) is 85.3 cm³/mol. The van der Waals surface area contributed by atoms with E-state index in [1.54, 1.807) is 42.5 Å². The molecule has 2 N–H and O–H groups in total. The minimum absolute atomic E-state index is 0.0517. The van der Waals surface area contributed by atoms with Gasteiger partial charge in [-0.3, -0.25) is 9.59 Å². The van der Waals surface area contributed by atoms with Crippen LogP contribution in [0.5, 0.6) is 11.5 Å². The molecule has 120 valence electrons. The number of ether oxygens (including phenoxy) is 2. The van der Waals surface area contributed by atoms with Crippen molar-refractivity contribution in [2.45, 2.75) is 6.42 Å². The van der Waals surface area contributed by atoms with Crippen molar-refractivity contribution in [1.82, 2.24) is 0 Å². The summed E-state index contributed by atoms with van der Waals surface area (Å²) in [6.45, 7) is 0. The molecule has 0 aliphatic heterocycles. The number of aliphatic carboxylic acids is 1. The van der Waals surface area contributed by atoms with Crippen LogP contribution < -0.4 is 14.8 Å². The molecule has 0 spiro atoms. The molecule has 2 aromatic carbocycles. The first-order valence-electron chi connectivity index (χ1n) is 6.87. The molecule has 2 aromatic rings. The zero-order valence-corrected chi connectivity index (χ0v) is 12.8. The van der Waals surface area contributed by atoms with Gasteiger partial charge in [-0.1, -0.05) is 12.1 Å². The van der Waals surface area contributed by atoms with E-state index in [-0.39, 0.29) is 12.3 Å². The zero-order chi connectivity index (χ0) is 16.8. The van der Waals surface area contributed by atoms with Gasteiger partial charge in [0, 0.05) is 11.3 Å². The first-order valence-corrected chi connectivity index (χ1v) is 6.87. The first-order chi connectivity index (χ1) is 11.0. The standard InChI is InChI=1S/C17H17NO5/c1-22-14-8-5-12(10-15(14)23-2)17(21)18-13-6-3-11(4-7-13)9-16(19)20/h3-8,10H,9H2,1-2H3,(H,18,21)(H,19,20). The number of benzene rings is 2. The van der Waals surface area contributed by atoms with Gasteiger partial charge in [-0.25, -0.2) is 0 Å². The second-order valence-electron chi connectivity index (χ2n) is 4.79. The lowest BCUT2D eigenvalue weighted by molar-refractivity contribution is -0.136. The van der Waals surface area contributed by atoms with Crippen LogP contribution in [-0.4, -0.2) is 31.2 Å². The quantitative estimate of drug-likeness (QED) is 0.856. The Labute approximate surface area is 133 Å². The van der Waals surface area contributed by atoms with Gasteiger partial charge in [0.25, 0.3) is 5.91 Å². The molecule has 0 saturated carbocycles. The van der Waals surface area contributed by atoms with Crippen molar-refractivity contribution in [1.29, 1.82) is 0 Å². The van der Waals surface area contributed by atoms with Crippen molar-refractivity contribution in [3.63, 3.8) is 0 Å². The predicted octanol–water partition coefficient (Wildman–Crippen LogP) is 2.58. The monoisotopic (exact) mass is 315 g/mol. The molecule has 6 nitrogen and oxygen atoms in total. The SMILES string of the molecule is COc1ccc(C(=O)Nc2ccc(CC(=O)O)cc2)cc1OC. The first kappa shape index (κ1) is 16.4. The van der Waals surface area contributed by atoms with Crippen LogP contribution in [0.4, 0.5) is 5.69 Å². The molecule has 0 saturated heterocycles. The second-order valence-corrected chi connectivity index (χ2v) is 4.79. The summed E-state index contributed by atoms with van der Waals surface area (Å²) in [5.74, 6) is -0.178. The van der Waals surface area contributed by atoms with E-state index in [0.717, 1.165) is 0 Å². The average Bonchev–Trinajstić information content (AvgIpc) is 2.55. The molecule has 0 fully saturated rings. The lowest BCUT2D eigenvalue weighted by atomic mass is 10.1. The minimum Gasteiger partial charge on any atom is -0.493 e. The van der Waals surface area contributed by atoms with Gasteiger partial charge in [0.1, 0.15) is 0 Å². The minimum atomic E-state index is -0.896. The Morgan fingerprint density at radius 1 is 1.00 bits per heavy atom. The van der Waals surface area contributed by atoms with Crippen LogP contribution >= 0.6 is 0 Å². The van der Waals surface area contributed by atoms with Crippen molar-refractivity contribution in [3.05, 3.63) is 53.6 Å². The molecular weight excluding hydrogens is 298 g/mol. The Bertz CT molecular complexity index is 709. The molecule has 0 atom stereocenters. The third-order valence-electron chi connectivity index (χ3n) is 3.21. The van der Waals surface area contributed by atoms with Gasteiger partial charge in [0.05, 0.1) is 20.6 Å². The van der Waals surface area contributed by atoms with Crippen molar-refractivity contribution >= 4 is 17.6 Å². The van der Waals surface area contributed by atoms with Gasteiger partial charge in [0.2, 0.25) is 0 Å². The number of amides is 1. The summed E-state index contributed by atoms with van der Waals surface area (Å²) in [7, 11) is 3.02. The summed E-state index contributed by atoms with van der Waals surface area (Å²) >= 11 is 0. The molecule has 0 aliphatic rings. The molecule has 0 aliphatic carbocycles. The van der Waals surface area contributed by atoms with Crippen LogP contribution in [0, 0.1) is 0 Å². The molecule has 0 radical (unpaired) electrons. The van der Waals surface area contributed by atoms with Crippen LogP contribution in [0.25, 0.3) is 0 Å². The van der Waals surface area contributed by atoms with Gasteiger partial charge in [0.15, 0.2) is 11.5 Å². The maximum Gasteiger partial charge on any atom is 0.307 e. The number of carboxylic acids is 1. The van der Waals surface area contributed by atoms with E-state index in [2.05, 4.69) is 5.32 Å².